The zero-order chi connectivity index (χ0) is 20.1. The summed E-state index contributed by atoms with van der Waals surface area (Å²) in [6.45, 7) is 2.50. The van der Waals surface area contributed by atoms with E-state index in [1.54, 1.807) is 36.4 Å². The summed E-state index contributed by atoms with van der Waals surface area (Å²) < 4.78 is 60.4. The van der Waals surface area contributed by atoms with Crippen LogP contribution in [0.2, 0.25) is 0 Å². The lowest BCUT2D eigenvalue weighted by Gasteiger charge is -2.10. The molecule has 6 heteroatoms. The second kappa shape index (κ2) is 8.33. The largest absolute Gasteiger partial charge is 0.573 e. The lowest BCUT2D eigenvalue weighted by molar-refractivity contribution is -0.274. The van der Waals surface area contributed by atoms with Gasteiger partial charge in [-0.2, -0.15) is 0 Å². The molecule has 2 nitrogen and oxygen atoms in total. The van der Waals surface area contributed by atoms with E-state index in [1.165, 1.54) is 30.3 Å². The van der Waals surface area contributed by atoms with Crippen molar-refractivity contribution < 1.29 is 27.0 Å². The molecule has 0 spiro atoms. The average Bonchev–Trinajstić information content (AvgIpc) is 2.66. The standard InChI is InChI=1S/C22H18F4O2/c1-2-13-27-19-11-12-20(21(23)14-19)17-5-3-15(4-6-17)16-7-9-18(10-8-16)28-22(24,25)26/h3-12,14H,2,13H2,1H3. The molecule has 0 bridgehead atoms. The molecule has 3 aromatic carbocycles. The number of ether oxygens (including phenoxy) is 2. The van der Waals surface area contributed by atoms with E-state index < -0.39 is 6.36 Å². The van der Waals surface area contributed by atoms with Crippen LogP contribution in [0.3, 0.4) is 0 Å². The van der Waals surface area contributed by atoms with Crippen molar-refractivity contribution in [2.75, 3.05) is 6.61 Å². The number of hydrogen-bond donors (Lipinski definition) is 0. The molecule has 0 heterocycles. The Balaban J connectivity index is 1.76. The lowest BCUT2D eigenvalue weighted by Crippen LogP contribution is -2.16. The molecule has 3 rings (SSSR count). The quantitative estimate of drug-likeness (QED) is 0.429. The fourth-order valence-corrected chi connectivity index (χ4v) is 2.73. The predicted octanol–water partition coefficient (Wildman–Crippen LogP) is 6.85. The lowest BCUT2D eigenvalue weighted by atomic mass is 10.00. The van der Waals surface area contributed by atoms with E-state index in [0.29, 0.717) is 23.5 Å². The third-order valence-corrected chi connectivity index (χ3v) is 4.03. The maximum Gasteiger partial charge on any atom is 0.573 e. The summed E-state index contributed by atoms with van der Waals surface area (Å²) in [5, 5.41) is 0. The van der Waals surface area contributed by atoms with Gasteiger partial charge in [-0.1, -0.05) is 43.3 Å². The predicted molar refractivity (Wildman–Crippen MR) is 99.7 cm³/mol. The topological polar surface area (TPSA) is 18.5 Å². The Morgan fingerprint density at radius 2 is 1.29 bits per heavy atom. The Bertz CT molecular complexity index is 917. The highest BCUT2D eigenvalue weighted by molar-refractivity contribution is 5.71. The van der Waals surface area contributed by atoms with Gasteiger partial charge in [-0.25, -0.2) is 4.39 Å². The molecule has 146 valence electrons. The highest BCUT2D eigenvalue weighted by Gasteiger charge is 2.30. The summed E-state index contributed by atoms with van der Waals surface area (Å²) in [4.78, 5) is 0. The minimum atomic E-state index is -4.72. The number of rotatable bonds is 6. The highest BCUT2D eigenvalue weighted by Crippen LogP contribution is 2.30. The van der Waals surface area contributed by atoms with Crippen molar-refractivity contribution in [3.63, 3.8) is 0 Å². The third kappa shape index (κ3) is 5.03. The van der Waals surface area contributed by atoms with Gasteiger partial charge >= 0.3 is 6.36 Å². The Kier molecular flexibility index (Phi) is 5.87. The number of alkyl halides is 3. The molecule has 0 unspecified atom stereocenters. The van der Waals surface area contributed by atoms with E-state index in [9.17, 15) is 17.6 Å². The normalized spacial score (nSPS) is 11.3. The Hall–Kier alpha value is -3.02. The van der Waals surface area contributed by atoms with Crippen molar-refractivity contribution in [3.05, 3.63) is 72.5 Å². The monoisotopic (exact) mass is 390 g/mol. The van der Waals surface area contributed by atoms with Gasteiger partial charge < -0.3 is 9.47 Å². The fourth-order valence-electron chi connectivity index (χ4n) is 2.73. The molecule has 0 saturated heterocycles. The second-order valence-electron chi connectivity index (χ2n) is 6.14. The molecule has 0 saturated carbocycles. The van der Waals surface area contributed by atoms with Crippen molar-refractivity contribution in [3.8, 4) is 33.8 Å². The van der Waals surface area contributed by atoms with Crippen LogP contribution in [0.4, 0.5) is 17.6 Å². The van der Waals surface area contributed by atoms with Crippen molar-refractivity contribution in [1.82, 2.24) is 0 Å². The van der Waals surface area contributed by atoms with Gasteiger partial charge in [0, 0.05) is 11.6 Å². The van der Waals surface area contributed by atoms with Crippen molar-refractivity contribution in [1.29, 1.82) is 0 Å². The zero-order valence-corrected chi connectivity index (χ0v) is 15.1. The van der Waals surface area contributed by atoms with E-state index >= 15 is 0 Å². The summed E-state index contributed by atoms with van der Waals surface area (Å²) in [5.74, 6) is -0.170. The van der Waals surface area contributed by atoms with Gasteiger partial charge in [0.25, 0.3) is 0 Å². The van der Waals surface area contributed by atoms with Crippen LogP contribution in [0.1, 0.15) is 13.3 Å². The number of halogens is 4. The smallest absolute Gasteiger partial charge is 0.494 e. The van der Waals surface area contributed by atoms with Gasteiger partial charge in [-0.15, -0.1) is 13.2 Å². The molecule has 0 aliphatic heterocycles. The fraction of sp³-hybridized carbons (Fsp3) is 0.182. The maximum absolute atomic E-state index is 14.4. The average molecular weight is 390 g/mol. The van der Waals surface area contributed by atoms with Crippen LogP contribution < -0.4 is 9.47 Å². The van der Waals surface area contributed by atoms with Crippen LogP contribution in [0, 0.1) is 5.82 Å². The third-order valence-electron chi connectivity index (χ3n) is 4.03. The van der Waals surface area contributed by atoms with Gasteiger partial charge in [0.2, 0.25) is 0 Å². The van der Waals surface area contributed by atoms with Crippen molar-refractivity contribution in [2.24, 2.45) is 0 Å². The molecular weight excluding hydrogens is 372 g/mol. The van der Waals surface area contributed by atoms with Crippen molar-refractivity contribution in [2.45, 2.75) is 19.7 Å². The maximum atomic E-state index is 14.4. The summed E-state index contributed by atoms with van der Waals surface area (Å²) >= 11 is 0. The first-order chi connectivity index (χ1) is 13.4. The minimum Gasteiger partial charge on any atom is -0.494 e. The second-order valence-corrected chi connectivity index (χ2v) is 6.14. The summed E-state index contributed by atoms with van der Waals surface area (Å²) in [6, 6.07) is 17.4. The van der Waals surface area contributed by atoms with Crippen LogP contribution in [0.15, 0.2) is 66.7 Å². The van der Waals surface area contributed by atoms with Gasteiger partial charge in [0.15, 0.2) is 0 Å². The minimum absolute atomic E-state index is 0.277. The molecule has 0 aliphatic rings. The Morgan fingerprint density at radius 1 is 0.750 bits per heavy atom. The van der Waals surface area contributed by atoms with Crippen LogP contribution in [0.25, 0.3) is 22.3 Å². The first-order valence-corrected chi connectivity index (χ1v) is 8.74. The van der Waals surface area contributed by atoms with E-state index in [1.807, 2.05) is 6.92 Å². The highest BCUT2D eigenvalue weighted by atomic mass is 19.4. The molecule has 0 atom stereocenters. The first kappa shape index (κ1) is 19.7. The van der Waals surface area contributed by atoms with Crippen LogP contribution in [-0.4, -0.2) is 13.0 Å². The molecule has 0 fully saturated rings. The number of benzene rings is 3. The number of hydrogen-bond acceptors (Lipinski definition) is 2. The van der Waals surface area contributed by atoms with E-state index in [0.717, 1.165) is 17.5 Å². The van der Waals surface area contributed by atoms with E-state index in [-0.39, 0.29) is 11.6 Å². The summed E-state index contributed by atoms with van der Waals surface area (Å²) in [7, 11) is 0. The molecule has 0 N–H and O–H groups in total. The SMILES string of the molecule is CCCOc1ccc(-c2ccc(-c3ccc(OC(F)(F)F)cc3)cc2)c(F)c1. The van der Waals surface area contributed by atoms with E-state index in [4.69, 9.17) is 4.74 Å². The van der Waals surface area contributed by atoms with Crippen LogP contribution in [0.5, 0.6) is 11.5 Å². The molecule has 0 radical (unpaired) electrons. The van der Waals surface area contributed by atoms with Gasteiger partial charge in [0.1, 0.15) is 17.3 Å². The Labute approximate surface area is 160 Å². The molecule has 3 aromatic rings. The Morgan fingerprint density at radius 3 is 1.82 bits per heavy atom. The van der Waals surface area contributed by atoms with E-state index in [2.05, 4.69) is 4.74 Å². The van der Waals surface area contributed by atoms with Gasteiger partial charge in [0.05, 0.1) is 6.61 Å². The van der Waals surface area contributed by atoms with Crippen LogP contribution >= 0.6 is 0 Å². The summed E-state index contributed by atoms with van der Waals surface area (Å²) in [5.41, 5.74) is 2.67. The molecule has 0 aliphatic carbocycles. The molecule has 0 amide bonds. The van der Waals surface area contributed by atoms with Crippen molar-refractivity contribution >= 4 is 0 Å². The van der Waals surface area contributed by atoms with Gasteiger partial charge in [-0.3, -0.25) is 0 Å². The first-order valence-electron chi connectivity index (χ1n) is 8.74. The molecular formula is C22H18F4O2. The molecule has 0 aromatic heterocycles. The summed E-state index contributed by atoms with van der Waals surface area (Å²) in [6.07, 6.45) is -3.88. The molecule has 28 heavy (non-hydrogen) atoms. The van der Waals surface area contributed by atoms with Gasteiger partial charge in [-0.05, 0) is 47.4 Å². The zero-order valence-electron chi connectivity index (χ0n) is 15.1. The van der Waals surface area contributed by atoms with Crippen LogP contribution in [-0.2, 0) is 0 Å².